The fourth-order valence-electron chi connectivity index (χ4n) is 5.77. The Hall–Kier alpha value is -1.02. The molecule has 2 N–H and O–H groups in total. The average molecular weight is 270 g/mol. The van der Waals surface area contributed by atoms with Crippen molar-refractivity contribution in [3.63, 3.8) is 0 Å². The highest BCUT2D eigenvalue weighted by molar-refractivity contribution is 5.50. The zero-order valence-corrected chi connectivity index (χ0v) is 12.3. The summed E-state index contributed by atoms with van der Waals surface area (Å²) in [5.41, 5.74) is 7.76. The van der Waals surface area contributed by atoms with E-state index in [1.807, 2.05) is 0 Å². The molecule has 4 aliphatic rings. The molecule has 4 bridgehead atoms. The Morgan fingerprint density at radius 2 is 1.50 bits per heavy atom. The summed E-state index contributed by atoms with van der Waals surface area (Å²) in [6, 6.07) is 11.0. The van der Waals surface area contributed by atoms with Gasteiger partial charge < -0.3 is 10.6 Å². The van der Waals surface area contributed by atoms with Gasteiger partial charge in [0, 0.05) is 24.3 Å². The van der Waals surface area contributed by atoms with Gasteiger partial charge in [0.1, 0.15) is 0 Å². The van der Waals surface area contributed by atoms with Crippen LogP contribution in [-0.4, -0.2) is 18.6 Å². The van der Waals surface area contributed by atoms with Gasteiger partial charge in [-0.2, -0.15) is 0 Å². The molecule has 108 valence electrons. The Balaban J connectivity index is 1.69. The Morgan fingerprint density at radius 3 is 2.00 bits per heavy atom. The van der Waals surface area contributed by atoms with Crippen LogP contribution in [0.2, 0.25) is 0 Å². The van der Waals surface area contributed by atoms with E-state index >= 15 is 0 Å². The van der Waals surface area contributed by atoms with E-state index in [9.17, 15) is 0 Å². The third kappa shape index (κ3) is 1.96. The molecule has 4 fully saturated rings. The van der Waals surface area contributed by atoms with Crippen LogP contribution in [-0.2, 0) is 0 Å². The van der Waals surface area contributed by atoms with Crippen molar-refractivity contribution in [2.45, 2.75) is 44.1 Å². The minimum Gasteiger partial charge on any atom is -0.365 e. The summed E-state index contributed by atoms with van der Waals surface area (Å²) < 4.78 is 0. The van der Waals surface area contributed by atoms with Gasteiger partial charge in [-0.3, -0.25) is 0 Å². The highest BCUT2D eigenvalue weighted by Gasteiger charge is 2.53. The molecule has 4 aliphatic carbocycles. The number of nitrogens with two attached hydrogens (primary N) is 1. The van der Waals surface area contributed by atoms with Crippen molar-refractivity contribution in [3.05, 3.63) is 30.3 Å². The second-order valence-electron chi connectivity index (χ2n) is 7.42. The van der Waals surface area contributed by atoms with Gasteiger partial charge in [-0.05, 0) is 68.4 Å². The van der Waals surface area contributed by atoms with Crippen LogP contribution in [0.15, 0.2) is 30.3 Å². The number of nitrogens with zero attached hydrogens (tertiary/aromatic N) is 1. The Morgan fingerprint density at radius 1 is 0.950 bits per heavy atom. The Bertz CT molecular complexity index is 432. The van der Waals surface area contributed by atoms with Crippen molar-refractivity contribution in [1.29, 1.82) is 0 Å². The van der Waals surface area contributed by atoms with Crippen LogP contribution >= 0.6 is 0 Å². The minimum absolute atomic E-state index is 0.426. The normalized spacial score (nSPS) is 38.1. The predicted octanol–water partition coefficient (Wildman–Crippen LogP) is 3.42. The second-order valence-corrected chi connectivity index (χ2v) is 7.42. The van der Waals surface area contributed by atoms with Gasteiger partial charge in [-0.25, -0.2) is 0 Å². The fourth-order valence-corrected chi connectivity index (χ4v) is 5.77. The molecular weight excluding hydrogens is 244 g/mol. The minimum atomic E-state index is 0.426. The monoisotopic (exact) mass is 270 g/mol. The average Bonchev–Trinajstić information content (AvgIpc) is 2.44. The first-order valence-electron chi connectivity index (χ1n) is 8.32. The molecule has 2 nitrogen and oxygen atoms in total. The van der Waals surface area contributed by atoms with Gasteiger partial charge in [0.2, 0.25) is 0 Å². The van der Waals surface area contributed by atoms with Crippen LogP contribution < -0.4 is 10.6 Å². The van der Waals surface area contributed by atoms with E-state index in [1.165, 1.54) is 44.2 Å². The van der Waals surface area contributed by atoms with E-state index in [2.05, 4.69) is 35.2 Å². The maximum absolute atomic E-state index is 5.94. The summed E-state index contributed by atoms with van der Waals surface area (Å²) in [5, 5.41) is 0. The standard InChI is InChI=1S/C18H26N2/c19-6-7-20(17-4-2-1-3-5-17)18-11-14-8-15(12-18)10-16(9-14)13-18/h1-5,14-16H,6-13,19H2. The summed E-state index contributed by atoms with van der Waals surface area (Å²) in [4.78, 5) is 2.68. The molecule has 5 rings (SSSR count). The zero-order chi connectivity index (χ0) is 13.6. The molecule has 0 amide bonds. The van der Waals surface area contributed by atoms with Crippen LogP contribution in [0.3, 0.4) is 0 Å². The number of para-hydroxylation sites is 1. The maximum atomic E-state index is 5.94. The van der Waals surface area contributed by atoms with Crippen molar-refractivity contribution in [3.8, 4) is 0 Å². The molecule has 0 radical (unpaired) electrons. The van der Waals surface area contributed by atoms with Crippen molar-refractivity contribution in [1.82, 2.24) is 0 Å². The van der Waals surface area contributed by atoms with Gasteiger partial charge in [0.05, 0.1) is 0 Å². The lowest BCUT2D eigenvalue weighted by Gasteiger charge is -2.61. The molecule has 0 spiro atoms. The fraction of sp³-hybridized carbons (Fsp3) is 0.667. The lowest BCUT2D eigenvalue weighted by atomic mass is 9.52. The molecule has 0 aliphatic heterocycles. The third-order valence-corrected chi connectivity index (χ3v) is 6.00. The van der Waals surface area contributed by atoms with Crippen LogP contribution in [0, 0.1) is 17.8 Å². The van der Waals surface area contributed by atoms with E-state index < -0.39 is 0 Å². The first-order valence-corrected chi connectivity index (χ1v) is 8.32. The molecular formula is C18H26N2. The van der Waals surface area contributed by atoms with Crippen molar-refractivity contribution < 1.29 is 0 Å². The van der Waals surface area contributed by atoms with E-state index in [4.69, 9.17) is 5.73 Å². The summed E-state index contributed by atoms with van der Waals surface area (Å²) >= 11 is 0. The Kier molecular flexibility index (Phi) is 3.03. The summed E-state index contributed by atoms with van der Waals surface area (Å²) in [6.07, 6.45) is 8.75. The van der Waals surface area contributed by atoms with E-state index in [0.29, 0.717) is 5.54 Å². The molecule has 0 heterocycles. The van der Waals surface area contributed by atoms with Crippen LogP contribution in [0.4, 0.5) is 5.69 Å². The first kappa shape index (κ1) is 12.7. The molecule has 1 aromatic carbocycles. The molecule has 20 heavy (non-hydrogen) atoms. The lowest BCUT2D eigenvalue weighted by Crippen LogP contribution is -2.61. The van der Waals surface area contributed by atoms with Gasteiger partial charge in [0.15, 0.2) is 0 Å². The van der Waals surface area contributed by atoms with Crippen LogP contribution in [0.5, 0.6) is 0 Å². The molecule has 0 saturated heterocycles. The van der Waals surface area contributed by atoms with Gasteiger partial charge in [0.25, 0.3) is 0 Å². The zero-order valence-electron chi connectivity index (χ0n) is 12.3. The van der Waals surface area contributed by atoms with Crippen LogP contribution in [0.1, 0.15) is 38.5 Å². The smallest absolute Gasteiger partial charge is 0.0410 e. The number of hydrogen-bond acceptors (Lipinski definition) is 2. The lowest BCUT2D eigenvalue weighted by molar-refractivity contribution is -0.00408. The molecule has 4 saturated carbocycles. The van der Waals surface area contributed by atoms with E-state index in [-0.39, 0.29) is 0 Å². The van der Waals surface area contributed by atoms with Crippen molar-refractivity contribution >= 4 is 5.69 Å². The number of anilines is 1. The SMILES string of the molecule is NCCN(c1ccccc1)C12CC3CC(CC(C3)C1)C2. The number of rotatable bonds is 4. The highest BCUT2D eigenvalue weighted by Crippen LogP contribution is 2.58. The molecule has 1 aromatic rings. The van der Waals surface area contributed by atoms with E-state index in [0.717, 1.165) is 30.8 Å². The third-order valence-electron chi connectivity index (χ3n) is 6.00. The topological polar surface area (TPSA) is 29.3 Å². The summed E-state index contributed by atoms with van der Waals surface area (Å²) in [6.45, 7) is 1.77. The van der Waals surface area contributed by atoms with Gasteiger partial charge >= 0.3 is 0 Å². The van der Waals surface area contributed by atoms with Gasteiger partial charge in [-0.1, -0.05) is 18.2 Å². The first-order chi connectivity index (χ1) is 9.79. The van der Waals surface area contributed by atoms with Crippen LogP contribution in [0.25, 0.3) is 0 Å². The van der Waals surface area contributed by atoms with E-state index in [1.54, 1.807) is 0 Å². The second kappa shape index (κ2) is 4.77. The quantitative estimate of drug-likeness (QED) is 0.908. The molecule has 0 unspecified atom stereocenters. The van der Waals surface area contributed by atoms with Gasteiger partial charge in [-0.15, -0.1) is 0 Å². The largest absolute Gasteiger partial charge is 0.365 e. The van der Waals surface area contributed by atoms with Crippen molar-refractivity contribution in [2.24, 2.45) is 23.5 Å². The number of benzene rings is 1. The molecule has 0 atom stereocenters. The number of hydrogen-bond donors (Lipinski definition) is 1. The predicted molar refractivity (Wildman–Crippen MR) is 83.7 cm³/mol. The Labute approximate surface area is 122 Å². The molecule has 0 aromatic heterocycles. The summed E-state index contributed by atoms with van der Waals surface area (Å²) in [5.74, 6) is 2.97. The highest BCUT2D eigenvalue weighted by atomic mass is 15.2. The molecule has 2 heteroatoms. The summed E-state index contributed by atoms with van der Waals surface area (Å²) in [7, 11) is 0. The van der Waals surface area contributed by atoms with Crippen molar-refractivity contribution in [2.75, 3.05) is 18.0 Å². The maximum Gasteiger partial charge on any atom is 0.0410 e.